The number of carbonyl (C=O) groups is 1. The van der Waals surface area contributed by atoms with Crippen LogP contribution in [0.15, 0.2) is 6.20 Å². The van der Waals surface area contributed by atoms with E-state index in [9.17, 15) is 4.79 Å². The van der Waals surface area contributed by atoms with Gasteiger partial charge in [-0.05, 0) is 20.8 Å². The van der Waals surface area contributed by atoms with Gasteiger partial charge in [0.05, 0.1) is 5.41 Å². The van der Waals surface area contributed by atoms with Crippen LogP contribution in [0.3, 0.4) is 0 Å². The van der Waals surface area contributed by atoms with Gasteiger partial charge in [0.15, 0.2) is 0 Å². The van der Waals surface area contributed by atoms with Crippen molar-refractivity contribution >= 4 is 5.97 Å². The van der Waals surface area contributed by atoms with Gasteiger partial charge < -0.3 is 10.1 Å². The standard InChI is InChI=1S/C9H14N2O2/c1-6-5-10-7(11-6)4-9(2,3)8(12)13/h5H,4H2,1-3H3,(H,10,11)(H,12,13). The Balaban J connectivity index is 2.74. The zero-order valence-electron chi connectivity index (χ0n) is 8.09. The number of carboxylic acids is 1. The summed E-state index contributed by atoms with van der Waals surface area (Å²) in [6.07, 6.45) is 2.13. The molecule has 0 aliphatic heterocycles. The summed E-state index contributed by atoms with van der Waals surface area (Å²) in [5.74, 6) is -0.0774. The first kappa shape index (κ1) is 9.77. The number of aromatic nitrogens is 2. The number of carboxylic acid groups (broad SMARTS) is 1. The van der Waals surface area contributed by atoms with Gasteiger partial charge in [0.25, 0.3) is 0 Å². The summed E-state index contributed by atoms with van der Waals surface area (Å²) >= 11 is 0. The van der Waals surface area contributed by atoms with Gasteiger partial charge in [-0.25, -0.2) is 4.98 Å². The number of nitrogens with zero attached hydrogens (tertiary/aromatic N) is 1. The highest BCUT2D eigenvalue weighted by Gasteiger charge is 2.28. The molecule has 13 heavy (non-hydrogen) atoms. The highest BCUT2D eigenvalue weighted by atomic mass is 16.4. The molecule has 0 spiro atoms. The summed E-state index contributed by atoms with van der Waals surface area (Å²) in [7, 11) is 0. The molecule has 1 heterocycles. The molecule has 0 aliphatic rings. The lowest BCUT2D eigenvalue weighted by Crippen LogP contribution is -2.26. The van der Waals surface area contributed by atoms with E-state index >= 15 is 0 Å². The lowest BCUT2D eigenvalue weighted by molar-refractivity contribution is -0.146. The van der Waals surface area contributed by atoms with E-state index in [4.69, 9.17) is 5.11 Å². The lowest BCUT2D eigenvalue weighted by Gasteiger charge is -2.16. The Labute approximate surface area is 77.0 Å². The average molecular weight is 182 g/mol. The largest absolute Gasteiger partial charge is 0.481 e. The first-order chi connectivity index (χ1) is 5.92. The van der Waals surface area contributed by atoms with E-state index in [-0.39, 0.29) is 0 Å². The molecule has 0 unspecified atom stereocenters. The van der Waals surface area contributed by atoms with Crippen LogP contribution in [0.5, 0.6) is 0 Å². The second kappa shape index (κ2) is 3.20. The second-order valence-corrected chi connectivity index (χ2v) is 3.88. The van der Waals surface area contributed by atoms with Gasteiger partial charge in [0.2, 0.25) is 0 Å². The predicted molar refractivity (Wildman–Crippen MR) is 48.4 cm³/mol. The summed E-state index contributed by atoms with van der Waals surface area (Å²) in [6, 6.07) is 0. The number of aryl methyl sites for hydroxylation is 1. The lowest BCUT2D eigenvalue weighted by atomic mass is 9.89. The van der Waals surface area contributed by atoms with E-state index in [0.29, 0.717) is 6.42 Å². The Hall–Kier alpha value is -1.32. The summed E-state index contributed by atoms with van der Waals surface area (Å²) in [5.41, 5.74) is 0.195. The molecule has 0 aromatic carbocycles. The van der Waals surface area contributed by atoms with Crippen molar-refractivity contribution in [2.24, 2.45) is 5.41 Å². The van der Waals surface area contributed by atoms with Crippen molar-refractivity contribution in [2.45, 2.75) is 27.2 Å². The molecule has 0 atom stereocenters. The zero-order valence-corrected chi connectivity index (χ0v) is 8.09. The average Bonchev–Trinajstić information content (AvgIpc) is 2.34. The quantitative estimate of drug-likeness (QED) is 0.742. The monoisotopic (exact) mass is 182 g/mol. The third-order valence-electron chi connectivity index (χ3n) is 1.94. The first-order valence-electron chi connectivity index (χ1n) is 4.16. The fourth-order valence-corrected chi connectivity index (χ4v) is 1.05. The Morgan fingerprint density at radius 1 is 1.69 bits per heavy atom. The van der Waals surface area contributed by atoms with Gasteiger partial charge in [0.1, 0.15) is 5.82 Å². The number of hydrogen-bond donors (Lipinski definition) is 2. The van der Waals surface area contributed by atoms with E-state index in [1.807, 2.05) is 6.92 Å². The van der Waals surface area contributed by atoms with Crippen LogP contribution in [0.25, 0.3) is 0 Å². The predicted octanol–water partition coefficient (Wildman–Crippen LogP) is 1.37. The molecule has 1 aromatic heterocycles. The van der Waals surface area contributed by atoms with Crippen LogP contribution in [0.2, 0.25) is 0 Å². The Kier molecular flexibility index (Phi) is 2.40. The molecule has 0 saturated carbocycles. The zero-order chi connectivity index (χ0) is 10.1. The SMILES string of the molecule is Cc1cnc(CC(C)(C)C(=O)O)[nH]1. The smallest absolute Gasteiger partial charge is 0.309 e. The second-order valence-electron chi connectivity index (χ2n) is 3.88. The number of imidazole rings is 1. The molecular formula is C9H14N2O2. The number of aromatic amines is 1. The van der Waals surface area contributed by atoms with Crippen LogP contribution in [0.4, 0.5) is 0 Å². The van der Waals surface area contributed by atoms with Crippen LogP contribution >= 0.6 is 0 Å². The van der Waals surface area contributed by atoms with Crippen LogP contribution in [-0.2, 0) is 11.2 Å². The third-order valence-corrected chi connectivity index (χ3v) is 1.94. The highest BCUT2D eigenvalue weighted by molar-refractivity contribution is 5.73. The number of aliphatic carboxylic acids is 1. The molecule has 2 N–H and O–H groups in total. The number of H-pyrrole nitrogens is 1. The van der Waals surface area contributed by atoms with Crippen molar-refractivity contribution < 1.29 is 9.90 Å². The maximum Gasteiger partial charge on any atom is 0.309 e. The van der Waals surface area contributed by atoms with Gasteiger partial charge in [-0.3, -0.25) is 4.79 Å². The molecule has 4 heteroatoms. The van der Waals surface area contributed by atoms with Crippen molar-refractivity contribution in [3.8, 4) is 0 Å². The molecule has 0 bridgehead atoms. The minimum Gasteiger partial charge on any atom is -0.481 e. The molecular weight excluding hydrogens is 168 g/mol. The summed E-state index contributed by atoms with van der Waals surface area (Å²) in [5, 5.41) is 8.87. The van der Waals surface area contributed by atoms with Crippen LogP contribution in [0, 0.1) is 12.3 Å². The normalized spacial score (nSPS) is 11.6. The Morgan fingerprint density at radius 3 is 2.69 bits per heavy atom. The van der Waals surface area contributed by atoms with Crippen LogP contribution in [-0.4, -0.2) is 21.0 Å². The fraction of sp³-hybridized carbons (Fsp3) is 0.556. The van der Waals surface area contributed by atoms with Crippen LogP contribution in [0.1, 0.15) is 25.4 Å². The minimum atomic E-state index is -0.804. The summed E-state index contributed by atoms with van der Waals surface area (Å²) < 4.78 is 0. The van der Waals surface area contributed by atoms with Gasteiger partial charge in [-0.2, -0.15) is 0 Å². The maximum atomic E-state index is 10.8. The van der Waals surface area contributed by atoms with Crippen molar-refractivity contribution in [2.75, 3.05) is 0 Å². The third kappa shape index (κ3) is 2.31. The molecule has 0 radical (unpaired) electrons. The van der Waals surface area contributed by atoms with E-state index in [1.54, 1.807) is 20.0 Å². The van der Waals surface area contributed by atoms with Gasteiger partial charge in [0, 0.05) is 18.3 Å². The van der Waals surface area contributed by atoms with E-state index in [1.165, 1.54) is 0 Å². The minimum absolute atomic E-state index is 0.427. The van der Waals surface area contributed by atoms with Crippen molar-refractivity contribution in [3.05, 3.63) is 17.7 Å². The number of nitrogens with one attached hydrogen (secondary N) is 1. The molecule has 0 fully saturated rings. The van der Waals surface area contributed by atoms with E-state index in [0.717, 1.165) is 11.5 Å². The number of hydrogen-bond acceptors (Lipinski definition) is 2. The first-order valence-corrected chi connectivity index (χ1v) is 4.16. The molecule has 72 valence electrons. The van der Waals surface area contributed by atoms with Gasteiger partial charge in [-0.1, -0.05) is 0 Å². The molecule has 0 aliphatic carbocycles. The van der Waals surface area contributed by atoms with E-state index < -0.39 is 11.4 Å². The van der Waals surface area contributed by atoms with Crippen LogP contribution < -0.4 is 0 Å². The molecule has 0 saturated heterocycles. The van der Waals surface area contributed by atoms with E-state index in [2.05, 4.69) is 9.97 Å². The summed E-state index contributed by atoms with van der Waals surface area (Å²) in [4.78, 5) is 17.9. The Morgan fingerprint density at radius 2 is 2.31 bits per heavy atom. The Bertz CT molecular complexity index is 315. The summed E-state index contributed by atoms with van der Waals surface area (Å²) in [6.45, 7) is 5.27. The van der Waals surface area contributed by atoms with Gasteiger partial charge in [-0.15, -0.1) is 0 Å². The fourth-order valence-electron chi connectivity index (χ4n) is 1.05. The van der Waals surface area contributed by atoms with Crippen molar-refractivity contribution in [1.82, 2.24) is 9.97 Å². The van der Waals surface area contributed by atoms with Crippen molar-refractivity contribution in [3.63, 3.8) is 0 Å². The molecule has 0 amide bonds. The molecule has 1 rings (SSSR count). The molecule has 1 aromatic rings. The molecule has 4 nitrogen and oxygen atoms in total. The highest BCUT2D eigenvalue weighted by Crippen LogP contribution is 2.20. The topological polar surface area (TPSA) is 66.0 Å². The maximum absolute atomic E-state index is 10.8. The van der Waals surface area contributed by atoms with Gasteiger partial charge >= 0.3 is 5.97 Å². The van der Waals surface area contributed by atoms with Crippen molar-refractivity contribution in [1.29, 1.82) is 0 Å². The number of rotatable bonds is 3.